The van der Waals surface area contributed by atoms with Gasteiger partial charge in [0.15, 0.2) is 0 Å². The lowest BCUT2D eigenvalue weighted by atomic mass is 9.91. The van der Waals surface area contributed by atoms with Gasteiger partial charge in [-0.2, -0.15) is 5.10 Å². The van der Waals surface area contributed by atoms with Gasteiger partial charge in [0.2, 0.25) is 5.88 Å². The molecular weight excluding hydrogens is 533 g/mol. The number of amides is 2. The summed E-state index contributed by atoms with van der Waals surface area (Å²) in [5.41, 5.74) is 2.55. The first-order valence-corrected chi connectivity index (χ1v) is 14.7. The van der Waals surface area contributed by atoms with Gasteiger partial charge in [-0.05, 0) is 67.9 Å². The van der Waals surface area contributed by atoms with E-state index in [0.29, 0.717) is 43.7 Å². The van der Waals surface area contributed by atoms with Crippen molar-refractivity contribution < 1.29 is 23.8 Å². The molecule has 0 unspecified atom stereocenters. The number of rotatable bonds is 9. The van der Waals surface area contributed by atoms with Crippen LogP contribution in [0.5, 0.6) is 11.6 Å². The van der Waals surface area contributed by atoms with Gasteiger partial charge in [0.25, 0.3) is 11.8 Å². The second-order valence-electron chi connectivity index (χ2n) is 10.5. The zero-order chi connectivity index (χ0) is 28.2. The van der Waals surface area contributed by atoms with E-state index in [-0.39, 0.29) is 42.0 Å². The van der Waals surface area contributed by atoms with Gasteiger partial charge in [-0.3, -0.25) is 14.3 Å². The summed E-state index contributed by atoms with van der Waals surface area (Å²) in [6.45, 7) is 4.32. The Kier molecular flexibility index (Phi) is 8.70. The van der Waals surface area contributed by atoms with Crippen LogP contribution in [0.25, 0.3) is 0 Å². The number of ether oxygens (including phenoxy) is 1. The van der Waals surface area contributed by atoms with Gasteiger partial charge in [-0.25, -0.2) is 9.37 Å². The van der Waals surface area contributed by atoms with E-state index in [9.17, 15) is 19.1 Å². The summed E-state index contributed by atoms with van der Waals surface area (Å²) in [6.07, 6.45) is 4.74. The first-order valence-electron chi connectivity index (χ1n) is 13.7. The number of aryl methyl sites for hydroxylation is 1. The molecule has 0 bridgehead atoms. The average molecular weight is 568 g/mol. The molecule has 3 aromatic rings. The smallest absolute Gasteiger partial charge is 0.272 e. The Morgan fingerprint density at radius 3 is 2.55 bits per heavy atom. The molecule has 2 aliphatic rings. The summed E-state index contributed by atoms with van der Waals surface area (Å²) in [6, 6.07) is 8.53. The van der Waals surface area contributed by atoms with Crippen LogP contribution in [-0.4, -0.2) is 56.1 Å². The van der Waals surface area contributed by atoms with Crippen LogP contribution >= 0.6 is 11.8 Å². The second-order valence-corrected chi connectivity index (χ2v) is 11.7. The fourth-order valence-corrected chi connectivity index (χ4v) is 6.27. The maximum atomic E-state index is 14.1. The molecule has 1 aromatic carbocycles. The van der Waals surface area contributed by atoms with Gasteiger partial charge < -0.3 is 20.5 Å². The Hall–Kier alpha value is -3.44. The normalized spacial score (nSPS) is 18.4. The molecule has 0 spiro atoms. The summed E-state index contributed by atoms with van der Waals surface area (Å²) < 4.78 is 21.7. The average Bonchev–Trinajstić information content (AvgIpc) is 3.58. The molecule has 0 saturated heterocycles. The molecule has 0 atom stereocenters. The fraction of sp³-hybridized carbons (Fsp3) is 0.448. The Morgan fingerprint density at radius 1 is 1.12 bits per heavy atom. The number of aromatic nitrogens is 3. The topological polar surface area (TPSA) is 118 Å². The predicted octanol–water partition coefficient (Wildman–Crippen LogP) is 4.44. The number of benzene rings is 1. The van der Waals surface area contributed by atoms with Crippen molar-refractivity contribution in [3.8, 4) is 11.6 Å². The lowest BCUT2D eigenvalue weighted by Crippen LogP contribution is -2.44. The van der Waals surface area contributed by atoms with Crippen molar-refractivity contribution in [3.05, 3.63) is 64.9 Å². The fourth-order valence-electron chi connectivity index (χ4n) is 5.18. The second kappa shape index (κ2) is 12.4. The number of nitrogens with zero attached hydrogens (tertiary/aromatic N) is 3. The van der Waals surface area contributed by atoms with E-state index in [0.717, 1.165) is 35.0 Å². The molecule has 11 heteroatoms. The number of thioether (sulfide) groups is 1. The van der Waals surface area contributed by atoms with Crippen molar-refractivity contribution in [1.82, 2.24) is 25.4 Å². The highest BCUT2D eigenvalue weighted by atomic mass is 32.2. The lowest BCUT2D eigenvalue weighted by molar-refractivity contribution is 0.0887. The third-order valence-electron chi connectivity index (χ3n) is 7.29. The van der Waals surface area contributed by atoms with Gasteiger partial charge in [0.05, 0.1) is 19.3 Å². The monoisotopic (exact) mass is 567 g/mol. The molecule has 3 heterocycles. The van der Waals surface area contributed by atoms with E-state index in [1.807, 2.05) is 32.0 Å². The van der Waals surface area contributed by atoms with E-state index >= 15 is 0 Å². The zero-order valence-electron chi connectivity index (χ0n) is 22.7. The SMILES string of the molecule is CC(C)c1cc(C(=O)NC2CCC(NC(=O)c3cc(F)cnc3Oc3ccc4c(c3)SCC4)CC2)nn1CCO. The molecule has 0 radical (unpaired) electrons. The van der Waals surface area contributed by atoms with Crippen LogP contribution < -0.4 is 15.4 Å². The molecule has 5 rings (SSSR count). The van der Waals surface area contributed by atoms with Crippen molar-refractivity contribution in [1.29, 1.82) is 0 Å². The third-order valence-corrected chi connectivity index (χ3v) is 8.39. The number of aliphatic hydroxyl groups is 1. The lowest BCUT2D eigenvalue weighted by Gasteiger charge is -2.29. The van der Waals surface area contributed by atoms with Crippen LogP contribution in [0, 0.1) is 5.82 Å². The van der Waals surface area contributed by atoms with Crippen LogP contribution in [0.15, 0.2) is 41.4 Å². The van der Waals surface area contributed by atoms with E-state index in [1.54, 1.807) is 22.5 Å². The maximum Gasteiger partial charge on any atom is 0.272 e. The molecule has 212 valence electrons. The molecule has 2 amide bonds. The Morgan fingerprint density at radius 2 is 1.85 bits per heavy atom. The summed E-state index contributed by atoms with van der Waals surface area (Å²) in [7, 11) is 0. The maximum absolute atomic E-state index is 14.1. The van der Waals surface area contributed by atoms with Gasteiger partial charge >= 0.3 is 0 Å². The predicted molar refractivity (Wildman–Crippen MR) is 150 cm³/mol. The van der Waals surface area contributed by atoms with Crippen molar-refractivity contribution in [2.75, 3.05) is 12.4 Å². The molecule has 40 heavy (non-hydrogen) atoms. The van der Waals surface area contributed by atoms with E-state index in [2.05, 4.69) is 20.7 Å². The summed E-state index contributed by atoms with van der Waals surface area (Å²) in [5.74, 6) is 0.510. The minimum absolute atomic E-state index is 0.0430. The highest BCUT2D eigenvalue weighted by Crippen LogP contribution is 2.35. The molecule has 1 aliphatic carbocycles. The number of carbonyl (C=O) groups is 2. The van der Waals surface area contributed by atoms with Crippen LogP contribution in [0.3, 0.4) is 0 Å². The van der Waals surface area contributed by atoms with E-state index < -0.39 is 11.7 Å². The molecule has 9 nitrogen and oxygen atoms in total. The number of pyridine rings is 1. The van der Waals surface area contributed by atoms with Gasteiger partial charge in [0.1, 0.15) is 22.8 Å². The quantitative estimate of drug-likeness (QED) is 0.350. The number of fused-ring (bicyclic) bond motifs is 1. The Bertz CT molecular complexity index is 1390. The molecule has 1 fully saturated rings. The number of halogens is 1. The minimum Gasteiger partial charge on any atom is -0.438 e. The third kappa shape index (κ3) is 6.47. The summed E-state index contributed by atoms with van der Waals surface area (Å²) in [5, 5.41) is 19.7. The first-order chi connectivity index (χ1) is 19.3. The van der Waals surface area contributed by atoms with Crippen molar-refractivity contribution >= 4 is 23.6 Å². The molecule has 2 aromatic heterocycles. The van der Waals surface area contributed by atoms with E-state index in [1.165, 1.54) is 5.56 Å². The number of nitrogens with one attached hydrogen (secondary N) is 2. The van der Waals surface area contributed by atoms with Crippen LogP contribution in [0.4, 0.5) is 4.39 Å². The molecule has 3 N–H and O–H groups in total. The van der Waals surface area contributed by atoms with Crippen molar-refractivity contribution in [3.63, 3.8) is 0 Å². The summed E-state index contributed by atoms with van der Waals surface area (Å²) >= 11 is 1.76. The molecule has 1 aliphatic heterocycles. The van der Waals surface area contributed by atoms with Gasteiger partial charge in [-0.15, -0.1) is 11.8 Å². The Labute approximate surface area is 236 Å². The standard InChI is InChI=1S/C29H34FN5O4S/c1-17(2)25-15-24(34-35(25)10-11-36)28(38)33-21-6-4-20(5-7-21)32-27(37)23-13-19(30)16-31-29(23)39-22-8-3-18-9-12-40-26(18)14-22/h3,8,13-17,20-21,36H,4-7,9-12H2,1-2H3,(H,32,37)(H,33,38). The van der Waals surface area contributed by atoms with Crippen molar-refractivity contribution in [2.45, 2.75) is 75.4 Å². The summed E-state index contributed by atoms with van der Waals surface area (Å²) in [4.78, 5) is 31.2. The largest absolute Gasteiger partial charge is 0.438 e. The van der Waals surface area contributed by atoms with E-state index in [4.69, 9.17) is 4.74 Å². The highest BCUT2D eigenvalue weighted by molar-refractivity contribution is 7.99. The van der Waals surface area contributed by atoms with Gasteiger partial charge in [-0.1, -0.05) is 19.9 Å². The Balaban J connectivity index is 1.17. The number of carbonyl (C=O) groups excluding carboxylic acids is 2. The van der Waals surface area contributed by atoms with Crippen LogP contribution in [0.1, 0.15) is 77.6 Å². The highest BCUT2D eigenvalue weighted by Gasteiger charge is 2.27. The molecular formula is C29H34FN5O4S. The van der Waals surface area contributed by atoms with Gasteiger partial charge in [0, 0.05) is 28.4 Å². The van der Waals surface area contributed by atoms with Crippen LogP contribution in [-0.2, 0) is 13.0 Å². The zero-order valence-corrected chi connectivity index (χ0v) is 23.5. The van der Waals surface area contributed by atoms with Crippen molar-refractivity contribution in [2.24, 2.45) is 0 Å². The van der Waals surface area contributed by atoms with Crippen LogP contribution in [0.2, 0.25) is 0 Å². The first kappa shape index (κ1) is 28.1. The molecule has 1 saturated carbocycles. The number of aliphatic hydroxyl groups excluding tert-OH is 1. The minimum atomic E-state index is -0.615. The number of hydrogen-bond acceptors (Lipinski definition) is 7. The number of hydrogen-bond donors (Lipinski definition) is 3.